The lowest BCUT2D eigenvalue weighted by Gasteiger charge is -2.06. The van der Waals surface area contributed by atoms with Crippen molar-refractivity contribution in [3.05, 3.63) is 35.8 Å². The first-order valence-corrected chi connectivity index (χ1v) is 3.38. The third-order valence-corrected chi connectivity index (χ3v) is 1.34. The maximum Gasteiger partial charge on any atom is 0.234 e. The highest BCUT2D eigenvalue weighted by Gasteiger charge is 2.08. The minimum Gasteiger partial charge on any atom is -0.368 e. The standard InChI is InChI=1S/C9H12N2O/c10-8(9(11)12)6-7-4-2-1-3-5-7/h1-5,8H,6,10H2,(H2,11,12)/t8-/m0/s1/i1D,2D,3D,4D,5D. The molecule has 0 aromatic heterocycles. The van der Waals surface area contributed by atoms with Crippen LogP contribution in [0.5, 0.6) is 0 Å². The van der Waals surface area contributed by atoms with Crippen LogP contribution in [-0.4, -0.2) is 11.9 Å². The van der Waals surface area contributed by atoms with E-state index in [4.69, 9.17) is 18.3 Å². The average molecular weight is 169 g/mol. The summed E-state index contributed by atoms with van der Waals surface area (Å²) < 4.78 is 37.4. The maximum atomic E-state index is 10.8. The molecule has 64 valence electrons. The molecule has 0 unspecified atom stereocenters. The smallest absolute Gasteiger partial charge is 0.234 e. The van der Waals surface area contributed by atoms with Crippen molar-refractivity contribution < 1.29 is 11.6 Å². The number of hydrogen-bond acceptors (Lipinski definition) is 2. The lowest BCUT2D eigenvalue weighted by Crippen LogP contribution is -2.38. The van der Waals surface area contributed by atoms with Gasteiger partial charge in [0.2, 0.25) is 5.91 Å². The van der Waals surface area contributed by atoms with Gasteiger partial charge in [0, 0.05) is 0 Å². The van der Waals surface area contributed by atoms with Gasteiger partial charge in [0.1, 0.15) is 0 Å². The lowest BCUT2D eigenvalue weighted by molar-refractivity contribution is -0.119. The molecule has 3 heteroatoms. The van der Waals surface area contributed by atoms with Crippen LogP contribution in [0.3, 0.4) is 0 Å². The molecule has 1 aromatic rings. The predicted molar refractivity (Wildman–Crippen MR) is 47.3 cm³/mol. The van der Waals surface area contributed by atoms with Gasteiger partial charge in [-0.05, 0) is 12.0 Å². The molecule has 4 N–H and O–H groups in total. The van der Waals surface area contributed by atoms with Crippen molar-refractivity contribution in [1.82, 2.24) is 0 Å². The second-order valence-electron chi connectivity index (χ2n) is 2.32. The zero-order chi connectivity index (χ0) is 13.3. The molecule has 0 saturated heterocycles. The summed E-state index contributed by atoms with van der Waals surface area (Å²) in [5, 5.41) is 0. The SMILES string of the molecule is [2H]c1c([2H])c([2H])c(C[C@H](N)C(N)=O)c([2H])c1[2H]. The van der Waals surface area contributed by atoms with Gasteiger partial charge in [-0.3, -0.25) is 4.79 Å². The molecule has 0 bridgehead atoms. The fourth-order valence-electron chi connectivity index (χ4n) is 0.698. The van der Waals surface area contributed by atoms with Gasteiger partial charge in [0.05, 0.1) is 12.9 Å². The Kier molecular flexibility index (Phi) is 1.31. The Balaban J connectivity index is 3.30. The monoisotopic (exact) mass is 169 g/mol. The van der Waals surface area contributed by atoms with Crippen molar-refractivity contribution >= 4 is 5.91 Å². The first-order valence-electron chi connectivity index (χ1n) is 5.88. The first kappa shape index (κ1) is 4.05. The number of carbonyl (C=O) groups excluding carboxylic acids is 1. The third kappa shape index (κ3) is 2.36. The second kappa shape index (κ2) is 3.88. The highest BCUT2D eigenvalue weighted by Crippen LogP contribution is 2.00. The number of nitrogens with two attached hydrogens (primary N) is 2. The largest absolute Gasteiger partial charge is 0.368 e. The van der Waals surface area contributed by atoms with E-state index in [0.717, 1.165) is 0 Å². The summed E-state index contributed by atoms with van der Waals surface area (Å²) in [4.78, 5) is 10.8. The van der Waals surface area contributed by atoms with Crippen LogP contribution in [0.25, 0.3) is 0 Å². The van der Waals surface area contributed by atoms with E-state index in [1.54, 1.807) is 0 Å². The normalized spacial score (nSPS) is 18.2. The van der Waals surface area contributed by atoms with Gasteiger partial charge in [-0.25, -0.2) is 0 Å². The van der Waals surface area contributed by atoms with E-state index in [0.29, 0.717) is 0 Å². The van der Waals surface area contributed by atoms with Gasteiger partial charge in [-0.2, -0.15) is 0 Å². The molecular weight excluding hydrogens is 152 g/mol. The Morgan fingerprint density at radius 1 is 1.50 bits per heavy atom. The van der Waals surface area contributed by atoms with Crippen LogP contribution in [0.15, 0.2) is 30.2 Å². The molecule has 0 saturated carbocycles. The molecular formula is C9H12N2O. The first-order chi connectivity index (χ1) is 7.77. The molecule has 1 aromatic carbocycles. The number of benzene rings is 1. The molecule has 0 fully saturated rings. The predicted octanol–water partition coefficient (Wildman–Crippen LogP) is 0.0417. The summed E-state index contributed by atoms with van der Waals surface area (Å²) in [5.74, 6) is -0.781. The van der Waals surface area contributed by atoms with Crippen molar-refractivity contribution in [2.45, 2.75) is 12.5 Å². The summed E-state index contributed by atoms with van der Waals surface area (Å²) in [6, 6.07) is -3.15. The van der Waals surface area contributed by atoms with Crippen LogP contribution in [-0.2, 0) is 11.2 Å². The van der Waals surface area contributed by atoms with Gasteiger partial charge >= 0.3 is 0 Å². The van der Waals surface area contributed by atoms with E-state index < -0.39 is 30.1 Å². The number of primary amides is 1. The average Bonchev–Trinajstić information content (AvgIpc) is 2.29. The van der Waals surface area contributed by atoms with Gasteiger partial charge in [-0.15, -0.1) is 0 Å². The summed E-state index contributed by atoms with van der Waals surface area (Å²) in [6.07, 6.45) is -0.176. The number of amides is 1. The molecule has 1 atom stereocenters. The quantitative estimate of drug-likeness (QED) is 0.671. The van der Waals surface area contributed by atoms with Crippen molar-refractivity contribution in [2.75, 3.05) is 0 Å². The van der Waals surface area contributed by atoms with Crippen molar-refractivity contribution in [3.63, 3.8) is 0 Å². The van der Waals surface area contributed by atoms with Gasteiger partial charge in [0.25, 0.3) is 0 Å². The maximum absolute atomic E-state index is 10.8. The molecule has 1 amide bonds. The Bertz CT molecular complexity index is 448. The molecule has 0 aliphatic rings. The molecule has 0 heterocycles. The topological polar surface area (TPSA) is 69.1 Å². The highest BCUT2D eigenvalue weighted by atomic mass is 16.1. The van der Waals surface area contributed by atoms with E-state index in [-0.39, 0.29) is 24.1 Å². The Hall–Kier alpha value is -1.35. The molecule has 3 nitrogen and oxygen atoms in total. The van der Waals surface area contributed by atoms with E-state index >= 15 is 0 Å². The number of hydrogen-bond donors (Lipinski definition) is 2. The minimum atomic E-state index is -1.07. The zero-order valence-electron chi connectivity index (χ0n) is 11.3. The molecule has 0 radical (unpaired) electrons. The molecule has 0 spiro atoms. The Labute approximate surface area is 78.4 Å². The molecule has 12 heavy (non-hydrogen) atoms. The highest BCUT2D eigenvalue weighted by molar-refractivity contribution is 5.79. The van der Waals surface area contributed by atoms with Crippen LogP contribution >= 0.6 is 0 Å². The van der Waals surface area contributed by atoms with Crippen molar-refractivity contribution in [3.8, 4) is 0 Å². The summed E-state index contributed by atoms with van der Waals surface area (Å²) in [6.45, 7) is 0. The van der Waals surface area contributed by atoms with Crippen LogP contribution in [0.4, 0.5) is 0 Å². The van der Waals surface area contributed by atoms with Crippen LogP contribution < -0.4 is 11.5 Å². The minimum absolute atomic E-state index is 0.00213. The number of rotatable bonds is 3. The Morgan fingerprint density at radius 2 is 2.08 bits per heavy atom. The van der Waals surface area contributed by atoms with Crippen LogP contribution in [0.2, 0.25) is 0 Å². The van der Waals surface area contributed by atoms with E-state index in [9.17, 15) is 4.79 Å². The molecule has 1 rings (SSSR count). The van der Waals surface area contributed by atoms with Crippen LogP contribution in [0, 0.1) is 0 Å². The van der Waals surface area contributed by atoms with Crippen molar-refractivity contribution in [2.24, 2.45) is 11.5 Å². The van der Waals surface area contributed by atoms with E-state index in [1.807, 2.05) is 0 Å². The third-order valence-electron chi connectivity index (χ3n) is 1.34. The fourth-order valence-corrected chi connectivity index (χ4v) is 0.698. The molecule has 0 aliphatic heterocycles. The Morgan fingerprint density at radius 3 is 2.58 bits per heavy atom. The van der Waals surface area contributed by atoms with Gasteiger partial charge < -0.3 is 11.5 Å². The van der Waals surface area contributed by atoms with Crippen molar-refractivity contribution in [1.29, 1.82) is 0 Å². The summed E-state index contributed by atoms with van der Waals surface area (Å²) in [7, 11) is 0. The number of carbonyl (C=O) groups is 1. The fraction of sp³-hybridized carbons (Fsp3) is 0.222. The lowest BCUT2D eigenvalue weighted by atomic mass is 10.1. The van der Waals surface area contributed by atoms with Gasteiger partial charge in [0.15, 0.2) is 0 Å². The summed E-state index contributed by atoms with van der Waals surface area (Å²) >= 11 is 0. The van der Waals surface area contributed by atoms with Gasteiger partial charge in [-0.1, -0.05) is 30.2 Å². The zero-order valence-corrected chi connectivity index (χ0v) is 6.35. The van der Waals surface area contributed by atoms with Crippen LogP contribution in [0.1, 0.15) is 12.4 Å². The molecule has 0 aliphatic carbocycles. The van der Waals surface area contributed by atoms with E-state index in [2.05, 4.69) is 0 Å². The summed E-state index contributed by atoms with van der Waals surface area (Å²) in [5.41, 5.74) is 10.4. The second-order valence-corrected chi connectivity index (χ2v) is 2.32. The van der Waals surface area contributed by atoms with E-state index in [1.165, 1.54) is 0 Å².